The lowest BCUT2D eigenvalue weighted by Gasteiger charge is -2.12. The topological polar surface area (TPSA) is 150 Å². The number of aromatic hydroxyl groups is 2. The Bertz CT molecular complexity index is 729. The molecule has 0 saturated heterocycles. The molecule has 9 nitrogen and oxygen atoms in total. The van der Waals surface area contributed by atoms with Crippen molar-refractivity contribution in [3.63, 3.8) is 0 Å². The van der Waals surface area contributed by atoms with Gasteiger partial charge in [-0.15, -0.1) is 0 Å². The number of nitrogens with two attached hydrogens (primary N) is 1. The third-order valence-corrected chi connectivity index (χ3v) is 3.37. The molecule has 1 heterocycles. The van der Waals surface area contributed by atoms with E-state index in [1.807, 2.05) is 30.3 Å². The maximum Gasteiger partial charge on any atom is 0.263 e. The number of rotatable bonds is 6. The second-order valence-electron chi connectivity index (χ2n) is 5.15. The predicted molar refractivity (Wildman–Crippen MR) is 84.4 cm³/mol. The number of nitrogens with one attached hydrogen (secondary N) is 2. The van der Waals surface area contributed by atoms with E-state index >= 15 is 0 Å². The van der Waals surface area contributed by atoms with E-state index in [2.05, 4.69) is 5.32 Å². The first kappa shape index (κ1) is 17.3. The minimum Gasteiger partial charge on any atom is -0.494 e. The van der Waals surface area contributed by atoms with Gasteiger partial charge in [0, 0.05) is 6.07 Å². The first-order valence-electron chi connectivity index (χ1n) is 7.07. The molecule has 2 rings (SSSR count). The fourth-order valence-corrected chi connectivity index (χ4v) is 2.14. The Labute approximate surface area is 137 Å². The molecule has 7 N–H and O–H groups in total. The second kappa shape index (κ2) is 7.49. The number of benzene rings is 1. The summed E-state index contributed by atoms with van der Waals surface area (Å²) in [6.45, 7) is -0.528. The van der Waals surface area contributed by atoms with Crippen molar-refractivity contribution >= 4 is 17.5 Å². The highest BCUT2D eigenvalue weighted by atomic mass is 16.5. The lowest BCUT2D eigenvalue weighted by Crippen LogP contribution is -2.37. The fourth-order valence-electron chi connectivity index (χ4n) is 2.14. The maximum absolute atomic E-state index is 12.1. The van der Waals surface area contributed by atoms with Crippen LogP contribution in [0.4, 0.5) is 5.69 Å². The molecule has 2 aromatic rings. The van der Waals surface area contributed by atoms with Crippen molar-refractivity contribution in [1.29, 1.82) is 0 Å². The molecule has 0 aliphatic rings. The molecule has 0 aliphatic carbocycles. The number of anilines is 1. The number of hydrogen-bond acceptors (Lipinski definition) is 6. The Morgan fingerprint density at radius 2 is 1.88 bits per heavy atom. The van der Waals surface area contributed by atoms with Crippen LogP contribution < -0.4 is 16.5 Å². The lowest BCUT2D eigenvalue weighted by atomic mass is 10.1. The van der Waals surface area contributed by atoms with Crippen LogP contribution in [0.2, 0.25) is 0 Å². The molecule has 9 heteroatoms. The van der Waals surface area contributed by atoms with Crippen LogP contribution in [0, 0.1) is 0 Å². The van der Waals surface area contributed by atoms with E-state index < -0.39 is 36.2 Å². The number of nitrogens with zero attached hydrogens (tertiary/aromatic N) is 1. The highest BCUT2D eigenvalue weighted by Gasteiger charge is 2.20. The number of carbonyl (C=O) groups is 2. The smallest absolute Gasteiger partial charge is 0.263 e. The van der Waals surface area contributed by atoms with E-state index in [1.54, 1.807) is 0 Å². The average Bonchev–Trinajstić information content (AvgIpc) is 2.83. The maximum atomic E-state index is 12.1. The van der Waals surface area contributed by atoms with Gasteiger partial charge < -0.3 is 21.3 Å². The van der Waals surface area contributed by atoms with E-state index in [-0.39, 0.29) is 5.69 Å². The molecule has 1 aromatic carbocycles. The summed E-state index contributed by atoms with van der Waals surface area (Å²) in [5.74, 6) is -2.40. The van der Waals surface area contributed by atoms with E-state index in [9.17, 15) is 19.8 Å². The zero-order valence-corrected chi connectivity index (χ0v) is 12.6. The summed E-state index contributed by atoms with van der Waals surface area (Å²) in [5.41, 5.74) is 8.00. The molecule has 0 fully saturated rings. The van der Waals surface area contributed by atoms with Gasteiger partial charge in [0.25, 0.3) is 5.91 Å². The van der Waals surface area contributed by atoms with Crippen molar-refractivity contribution in [1.82, 2.24) is 10.0 Å². The molecule has 0 spiro atoms. The summed E-state index contributed by atoms with van der Waals surface area (Å²) in [6.07, 6.45) is 0.299. The zero-order valence-electron chi connectivity index (χ0n) is 12.6. The standard InChI is InChI=1S/C15H18N4O5/c16-10(6-9-4-2-1-3-5-9)14(22)17-11-7-13(21)19(15(11)23)8-12(20)18-24/h1-5,7,10,21,23-24H,6,8,16H2,(H,17,22)(H,18,20). The summed E-state index contributed by atoms with van der Waals surface area (Å²) in [4.78, 5) is 23.2. The largest absolute Gasteiger partial charge is 0.494 e. The molecule has 24 heavy (non-hydrogen) atoms. The van der Waals surface area contributed by atoms with E-state index in [0.717, 1.165) is 16.2 Å². The van der Waals surface area contributed by atoms with Crippen LogP contribution in [0.5, 0.6) is 11.8 Å². The van der Waals surface area contributed by atoms with Gasteiger partial charge in [-0.25, -0.2) is 5.48 Å². The fraction of sp³-hybridized carbons (Fsp3) is 0.200. The minimum absolute atomic E-state index is 0.0910. The highest BCUT2D eigenvalue weighted by Crippen LogP contribution is 2.32. The van der Waals surface area contributed by atoms with Crippen LogP contribution >= 0.6 is 0 Å². The molecular formula is C15H18N4O5. The average molecular weight is 334 g/mol. The number of hydroxylamine groups is 1. The first-order chi connectivity index (χ1) is 11.4. The summed E-state index contributed by atoms with van der Waals surface area (Å²) in [5, 5.41) is 30.5. The van der Waals surface area contributed by atoms with Gasteiger partial charge >= 0.3 is 0 Å². The molecule has 0 bridgehead atoms. The molecule has 2 amide bonds. The SMILES string of the molecule is NC(Cc1ccccc1)C(=O)Nc1cc(O)n(CC(=O)NO)c1O. The summed E-state index contributed by atoms with van der Waals surface area (Å²) < 4.78 is 0.809. The van der Waals surface area contributed by atoms with Crippen LogP contribution in [0.1, 0.15) is 5.56 Å². The van der Waals surface area contributed by atoms with Crippen molar-refractivity contribution in [2.45, 2.75) is 19.0 Å². The van der Waals surface area contributed by atoms with Gasteiger partial charge in [0.1, 0.15) is 12.2 Å². The lowest BCUT2D eigenvalue weighted by molar-refractivity contribution is -0.130. The van der Waals surface area contributed by atoms with Gasteiger partial charge in [0.15, 0.2) is 5.88 Å². The Morgan fingerprint density at radius 1 is 1.21 bits per heavy atom. The predicted octanol–water partition coefficient (Wildman–Crippen LogP) is -0.0868. The molecular weight excluding hydrogens is 316 g/mol. The van der Waals surface area contributed by atoms with Crippen molar-refractivity contribution in [3.8, 4) is 11.8 Å². The molecule has 1 aromatic heterocycles. The number of hydrogen-bond donors (Lipinski definition) is 6. The van der Waals surface area contributed by atoms with Gasteiger partial charge in [-0.1, -0.05) is 30.3 Å². The first-order valence-corrected chi connectivity index (χ1v) is 7.07. The van der Waals surface area contributed by atoms with Crippen molar-refractivity contribution in [2.24, 2.45) is 5.73 Å². The zero-order chi connectivity index (χ0) is 17.7. The van der Waals surface area contributed by atoms with Crippen LogP contribution in [-0.2, 0) is 22.6 Å². The molecule has 0 radical (unpaired) electrons. The minimum atomic E-state index is -0.863. The van der Waals surface area contributed by atoms with Gasteiger partial charge in [-0.2, -0.15) is 0 Å². The Morgan fingerprint density at radius 3 is 2.50 bits per heavy atom. The number of carbonyl (C=O) groups excluding carboxylic acids is 2. The quantitative estimate of drug-likeness (QED) is 0.321. The second-order valence-corrected chi connectivity index (χ2v) is 5.15. The van der Waals surface area contributed by atoms with Crippen molar-refractivity contribution in [3.05, 3.63) is 42.0 Å². The van der Waals surface area contributed by atoms with Gasteiger partial charge in [-0.3, -0.25) is 19.4 Å². The summed E-state index contributed by atoms with van der Waals surface area (Å²) >= 11 is 0. The third kappa shape index (κ3) is 4.03. The molecule has 1 unspecified atom stereocenters. The highest BCUT2D eigenvalue weighted by molar-refractivity contribution is 5.96. The van der Waals surface area contributed by atoms with Gasteiger partial charge in [-0.05, 0) is 12.0 Å². The number of amides is 2. The van der Waals surface area contributed by atoms with Gasteiger partial charge in [0.2, 0.25) is 11.8 Å². The van der Waals surface area contributed by atoms with E-state index in [4.69, 9.17) is 10.9 Å². The van der Waals surface area contributed by atoms with Crippen molar-refractivity contribution in [2.75, 3.05) is 5.32 Å². The van der Waals surface area contributed by atoms with Crippen LogP contribution in [0.3, 0.4) is 0 Å². The summed E-state index contributed by atoms with van der Waals surface area (Å²) in [7, 11) is 0. The van der Waals surface area contributed by atoms with Crippen LogP contribution in [-0.4, -0.2) is 37.8 Å². The molecule has 0 saturated carbocycles. The Hall–Kier alpha value is -3.04. The molecule has 0 aliphatic heterocycles. The third-order valence-electron chi connectivity index (χ3n) is 3.37. The summed E-state index contributed by atoms with van der Waals surface area (Å²) in [6, 6.07) is 9.39. The monoisotopic (exact) mass is 334 g/mol. The van der Waals surface area contributed by atoms with E-state index in [0.29, 0.717) is 6.42 Å². The normalized spacial score (nSPS) is 11.8. The van der Waals surface area contributed by atoms with Gasteiger partial charge in [0.05, 0.1) is 6.04 Å². The van der Waals surface area contributed by atoms with Crippen LogP contribution in [0.25, 0.3) is 0 Å². The molecule has 128 valence electrons. The Balaban J connectivity index is 2.06. The van der Waals surface area contributed by atoms with Crippen LogP contribution in [0.15, 0.2) is 36.4 Å². The van der Waals surface area contributed by atoms with Crippen molar-refractivity contribution < 1.29 is 25.0 Å². The number of aromatic nitrogens is 1. The van der Waals surface area contributed by atoms with E-state index in [1.165, 1.54) is 5.48 Å². The Kier molecular flexibility index (Phi) is 5.40. The molecule has 1 atom stereocenters.